The van der Waals surface area contributed by atoms with Crippen molar-refractivity contribution in [3.05, 3.63) is 77.9 Å². The van der Waals surface area contributed by atoms with E-state index in [9.17, 15) is 4.79 Å². The second kappa shape index (κ2) is 6.44. The normalized spacial score (nSPS) is 11.9. The van der Waals surface area contributed by atoms with E-state index in [2.05, 4.69) is 15.4 Å². The number of aryl methyl sites for hydroxylation is 1. The second-order valence-corrected chi connectivity index (χ2v) is 5.38. The largest absolute Gasteiger partial charge is 0.345 e. The summed E-state index contributed by atoms with van der Waals surface area (Å²) in [4.78, 5) is 16.5. The highest BCUT2D eigenvalue weighted by Crippen LogP contribution is 2.17. The number of nitrogens with zero attached hydrogens (tertiary/aromatic N) is 3. The van der Waals surface area contributed by atoms with Crippen molar-refractivity contribution in [2.75, 3.05) is 0 Å². The summed E-state index contributed by atoms with van der Waals surface area (Å²) in [6, 6.07) is 13.3. The van der Waals surface area contributed by atoms with Crippen molar-refractivity contribution in [3.63, 3.8) is 0 Å². The van der Waals surface area contributed by atoms with Gasteiger partial charge in [0.05, 0.1) is 17.3 Å². The van der Waals surface area contributed by atoms with Gasteiger partial charge in [-0.2, -0.15) is 5.10 Å². The maximum absolute atomic E-state index is 12.4. The van der Waals surface area contributed by atoms with Gasteiger partial charge in [0.15, 0.2) is 0 Å². The molecule has 1 aromatic carbocycles. The van der Waals surface area contributed by atoms with Crippen molar-refractivity contribution in [2.24, 2.45) is 0 Å². The molecule has 3 aromatic rings. The van der Waals surface area contributed by atoms with Crippen LogP contribution in [0.5, 0.6) is 0 Å². The van der Waals surface area contributed by atoms with Crippen LogP contribution in [0.4, 0.5) is 0 Å². The van der Waals surface area contributed by atoms with E-state index in [0.29, 0.717) is 5.56 Å². The summed E-state index contributed by atoms with van der Waals surface area (Å²) in [5, 5.41) is 7.25. The lowest BCUT2D eigenvalue weighted by atomic mass is 10.1. The molecule has 0 saturated heterocycles. The van der Waals surface area contributed by atoms with Gasteiger partial charge in [0.2, 0.25) is 0 Å². The summed E-state index contributed by atoms with van der Waals surface area (Å²) in [7, 11) is 0. The monoisotopic (exact) mass is 306 g/mol. The molecule has 0 aliphatic rings. The van der Waals surface area contributed by atoms with Crippen LogP contribution >= 0.6 is 0 Å². The first-order chi connectivity index (χ1) is 11.1. The summed E-state index contributed by atoms with van der Waals surface area (Å²) >= 11 is 0. The first-order valence-corrected chi connectivity index (χ1v) is 7.47. The predicted octanol–water partition coefficient (Wildman–Crippen LogP) is 3.07. The maximum Gasteiger partial charge on any atom is 0.253 e. The van der Waals surface area contributed by atoms with Crippen LogP contribution in [0.15, 0.2) is 61.1 Å². The summed E-state index contributed by atoms with van der Waals surface area (Å²) < 4.78 is 1.79. The fourth-order valence-electron chi connectivity index (χ4n) is 2.44. The molecule has 3 rings (SSSR count). The minimum Gasteiger partial charge on any atom is -0.345 e. The van der Waals surface area contributed by atoms with Crippen molar-refractivity contribution in [1.82, 2.24) is 20.1 Å². The van der Waals surface area contributed by atoms with E-state index in [-0.39, 0.29) is 11.9 Å². The highest BCUT2D eigenvalue weighted by atomic mass is 16.1. The van der Waals surface area contributed by atoms with Crippen LogP contribution in [0.2, 0.25) is 0 Å². The van der Waals surface area contributed by atoms with Gasteiger partial charge in [-0.25, -0.2) is 4.68 Å². The molecule has 5 nitrogen and oxygen atoms in total. The lowest BCUT2D eigenvalue weighted by Gasteiger charge is -2.16. The molecule has 1 N–H and O–H groups in total. The van der Waals surface area contributed by atoms with Gasteiger partial charge < -0.3 is 5.32 Å². The topological polar surface area (TPSA) is 59.8 Å². The predicted molar refractivity (Wildman–Crippen MR) is 88.4 cm³/mol. The molecule has 0 aliphatic heterocycles. The Morgan fingerprint density at radius 3 is 2.78 bits per heavy atom. The smallest absolute Gasteiger partial charge is 0.253 e. The average molecular weight is 306 g/mol. The number of carbonyl (C=O) groups excluding carboxylic acids is 1. The standard InChI is InChI=1S/C18H18N4O/c1-13(21-18(23)17-8-4-9-19-14(17)2)15-6-3-7-16(12-15)22-11-5-10-20-22/h3-13H,1-2H3,(H,21,23). The van der Waals surface area contributed by atoms with Crippen LogP contribution in [0, 0.1) is 6.92 Å². The van der Waals surface area contributed by atoms with Gasteiger partial charge in [0.1, 0.15) is 0 Å². The average Bonchev–Trinajstić information content (AvgIpc) is 3.10. The van der Waals surface area contributed by atoms with E-state index in [4.69, 9.17) is 0 Å². The Morgan fingerprint density at radius 2 is 2.04 bits per heavy atom. The molecule has 2 heterocycles. The molecule has 0 spiro atoms. The zero-order valence-electron chi connectivity index (χ0n) is 13.1. The van der Waals surface area contributed by atoms with Crippen LogP contribution in [0.3, 0.4) is 0 Å². The summed E-state index contributed by atoms with van der Waals surface area (Å²) in [6.45, 7) is 3.80. The van der Waals surface area contributed by atoms with Crippen molar-refractivity contribution in [3.8, 4) is 5.69 Å². The molecule has 0 fully saturated rings. The molecule has 1 atom stereocenters. The Labute approximate surface area is 135 Å². The first-order valence-electron chi connectivity index (χ1n) is 7.47. The lowest BCUT2D eigenvalue weighted by molar-refractivity contribution is 0.0939. The molecular weight excluding hydrogens is 288 g/mol. The van der Waals surface area contributed by atoms with Crippen LogP contribution in [-0.2, 0) is 0 Å². The number of hydrogen-bond donors (Lipinski definition) is 1. The number of benzene rings is 1. The molecule has 23 heavy (non-hydrogen) atoms. The third-order valence-electron chi connectivity index (χ3n) is 3.74. The van der Waals surface area contributed by atoms with Crippen LogP contribution in [-0.4, -0.2) is 20.7 Å². The van der Waals surface area contributed by atoms with Crippen molar-refractivity contribution in [2.45, 2.75) is 19.9 Å². The fraction of sp³-hybridized carbons (Fsp3) is 0.167. The zero-order valence-corrected chi connectivity index (χ0v) is 13.1. The van der Waals surface area contributed by atoms with E-state index >= 15 is 0 Å². The van der Waals surface area contributed by atoms with Gasteiger partial charge in [-0.3, -0.25) is 9.78 Å². The number of rotatable bonds is 4. The van der Waals surface area contributed by atoms with Crippen molar-refractivity contribution >= 4 is 5.91 Å². The quantitative estimate of drug-likeness (QED) is 0.806. The van der Waals surface area contributed by atoms with Crippen molar-refractivity contribution in [1.29, 1.82) is 0 Å². The van der Waals surface area contributed by atoms with Gasteiger partial charge in [0, 0.05) is 24.3 Å². The Kier molecular flexibility index (Phi) is 4.19. The Hall–Kier alpha value is -2.95. The second-order valence-electron chi connectivity index (χ2n) is 5.38. The van der Waals surface area contributed by atoms with Crippen molar-refractivity contribution < 1.29 is 4.79 Å². The van der Waals surface area contributed by atoms with Gasteiger partial charge in [-0.05, 0) is 49.7 Å². The lowest BCUT2D eigenvalue weighted by Crippen LogP contribution is -2.27. The van der Waals surface area contributed by atoms with Crippen LogP contribution in [0.1, 0.15) is 34.6 Å². The van der Waals surface area contributed by atoms with Crippen LogP contribution < -0.4 is 5.32 Å². The maximum atomic E-state index is 12.4. The molecule has 0 saturated carbocycles. The van der Waals surface area contributed by atoms with Gasteiger partial charge in [0.25, 0.3) is 5.91 Å². The van der Waals surface area contributed by atoms with Gasteiger partial charge in [-0.1, -0.05) is 12.1 Å². The Balaban J connectivity index is 1.79. The molecule has 2 aromatic heterocycles. The molecule has 1 amide bonds. The Bertz CT molecular complexity index is 811. The van der Waals surface area contributed by atoms with Gasteiger partial charge in [-0.15, -0.1) is 0 Å². The van der Waals surface area contributed by atoms with Crippen LogP contribution in [0.25, 0.3) is 5.69 Å². The third kappa shape index (κ3) is 3.29. The number of pyridine rings is 1. The first kappa shape index (κ1) is 15.0. The minimum absolute atomic E-state index is 0.113. The number of hydrogen-bond acceptors (Lipinski definition) is 3. The molecule has 0 radical (unpaired) electrons. The summed E-state index contributed by atoms with van der Waals surface area (Å²) in [5.41, 5.74) is 3.31. The molecular formula is C18H18N4O. The number of aromatic nitrogens is 3. The van der Waals surface area contributed by atoms with Gasteiger partial charge >= 0.3 is 0 Å². The number of nitrogens with one attached hydrogen (secondary N) is 1. The highest BCUT2D eigenvalue weighted by molar-refractivity contribution is 5.95. The molecule has 116 valence electrons. The van der Waals surface area contributed by atoms with E-state index in [0.717, 1.165) is 16.9 Å². The van der Waals surface area contributed by atoms with E-state index < -0.39 is 0 Å². The fourth-order valence-corrected chi connectivity index (χ4v) is 2.44. The van der Waals surface area contributed by atoms with E-state index in [1.807, 2.05) is 50.4 Å². The summed E-state index contributed by atoms with van der Waals surface area (Å²) in [5.74, 6) is -0.118. The summed E-state index contributed by atoms with van der Waals surface area (Å²) in [6.07, 6.45) is 5.31. The molecule has 0 aliphatic carbocycles. The molecule has 1 unspecified atom stereocenters. The minimum atomic E-state index is -0.118. The highest BCUT2D eigenvalue weighted by Gasteiger charge is 2.14. The Morgan fingerprint density at radius 1 is 1.17 bits per heavy atom. The number of amides is 1. The SMILES string of the molecule is Cc1ncccc1C(=O)NC(C)c1cccc(-n2cccn2)c1. The third-order valence-corrected chi connectivity index (χ3v) is 3.74. The number of carbonyl (C=O) groups is 1. The molecule has 5 heteroatoms. The zero-order chi connectivity index (χ0) is 16.2. The van der Waals surface area contributed by atoms with E-state index in [1.165, 1.54) is 0 Å². The van der Waals surface area contributed by atoms with E-state index in [1.54, 1.807) is 29.2 Å². The molecule has 0 bridgehead atoms.